The van der Waals surface area contributed by atoms with Gasteiger partial charge in [-0.15, -0.1) is 5.10 Å². The molecule has 26 heavy (non-hydrogen) atoms. The van der Waals surface area contributed by atoms with E-state index in [4.69, 9.17) is 0 Å². The Kier molecular flexibility index (Phi) is 3.96. The zero-order valence-electron chi connectivity index (χ0n) is 14.0. The standard InChI is InChI=1S/C18H17N5O2S/c1-26(24,25)22-17-20-18-19-15(13-8-4-2-5-9-13)12-16(23(18)21-17)14-10-6-3-7-11-14/h2-12,16H,1H3,(H2,19,20,21,22)/t16-/m0/s1. The number of fused-ring (bicyclic) bond motifs is 1. The van der Waals surface area contributed by atoms with Crippen molar-refractivity contribution in [3.8, 4) is 0 Å². The molecular formula is C18H17N5O2S. The first-order chi connectivity index (χ1) is 12.5. The van der Waals surface area contributed by atoms with Crippen molar-refractivity contribution < 1.29 is 8.42 Å². The smallest absolute Gasteiger partial charge is 0.257 e. The van der Waals surface area contributed by atoms with E-state index < -0.39 is 10.0 Å². The molecule has 1 aromatic heterocycles. The third-order valence-corrected chi connectivity index (χ3v) is 4.52. The second-order valence-electron chi connectivity index (χ2n) is 6.00. The predicted molar refractivity (Wildman–Crippen MR) is 101 cm³/mol. The number of allylic oxidation sites excluding steroid dienone is 1. The normalized spacial score (nSPS) is 16.3. The van der Waals surface area contributed by atoms with Crippen LogP contribution in [0.1, 0.15) is 17.2 Å². The summed E-state index contributed by atoms with van der Waals surface area (Å²) in [7, 11) is -3.46. The molecule has 0 aliphatic carbocycles. The molecule has 0 saturated carbocycles. The Labute approximate surface area is 151 Å². The van der Waals surface area contributed by atoms with Gasteiger partial charge in [0, 0.05) is 5.70 Å². The van der Waals surface area contributed by atoms with Gasteiger partial charge in [-0.05, 0) is 17.2 Å². The zero-order valence-corrected chi connectivity index (χ0v) is 14.8. The van der Waals surface area contributed by atoms with E-state index in [9.17, 15) is 8.42 Å². The van der Waals surface area contributed by atoms with Crippen molar-refractivity contribution in [2.24, 2.45) is 0 Å². The Morgan fingerprint density at radius 3 is 2.35 bits per heavy atom. The van der Waals surface area contributed by atoms with Crippen LogP contribution in [0.2, 0.25) is 0 Å². The Hall–Kier alpha value is -3.13. The lowest BCUT2D eigenvalue weighted by atomic mass is 10.0. The molecule has 2 aromatic carbocycles. The molecular weight excluding hydrogens is 350 g/mol. The summed E-state index contributed by atoms with van der Waals surface area (Å²) in [5, 5.41) is 7.57. The third-order valence-electron chi connectivity index (χ3n) is 3.97. The van der Waals surface area contributed by atoms with Crippen LogP contribution in [0.4, 0.5) is 11.9 Å². The molecule has 3 aromatic rings. The minimum atomic E-state index is -3.46. The molecule has 1 aliphatic rings. The summed E-state index contributed by atoms with van der Waals surface area (Å²) >= 11 is 0. The summed E-state index contributed by atoms with van der Waals surface area (Å²) < 4.78 is 27.0. The quantitative estimate of drug-likeness (QED) is 0.740. The van der Waals surface area contributed by atoms with Gasteiger partial charge >= 0.3 is 0 Å². The number of rotatable bonds is 4. The monoisotopic (exact) mass is 367 g/mol. The first-order valence-electron chi connectivity index (χ1n) is 8.03. The fourth-order valence-corrected chi connectivity index (χ4v) is 3.29. The summed E-state index contributed by atoms with van der Waals surface area (Å²) in [6, 6.07) is 19.6. The summed E-state index contributed by atoms with van der Waals surface area (Å²) in [5.74, 6) is 0.519. The van der Waals surface area contributed by atoms with Gasteiger partial charge in [-0.1, -0.05) is 60.7 Å². The Bertz CT molecular complexity index is 1060. The Balaban J connectivity index is 1.80. The summed E-state index contributed by atoms with van der Waals surface area (Å²) in [4.78, 5) is 4.30. The number of anilines is 2. The van der Waals surface area contributed by atoms with E-state index >= 15 is 0 Å². The van der Waals surface area contributed by atoms with Crippen LogP contribution in [-0.2, 0) is 10.0 Å². The molecule has 1 aliphatic heterocycles. The molecule has 2 heterocycles. The molecule has 1 atom stereocenters. The van der Waals surface area contributed by atoms with E-state index in [0.717, 1.165) is 23.1 Å². The van der Waals surface area contributed by atoms with Crippen molar-refractivity contribution in [1.82, 2.24) is 14.8 Å². The second kappa shape index (κ2) is 6.30. The lowest BCUT2D eigenvalue weighted by molar-refractivity contribution is 0.603. The number of nitrogens with zero attached hydrogens (tertiary/aromatic N) is 3. The highest BCUT2D eigenvalue weighted by Gasteiger charge is 2.25. The van der Waals surface area contributed by atoms with E-state index in [-0.39, 0.29) is 12.0 Å². The molecule has 0 spiro atoms. The molecule has 0 unspecified atom stereocenters. The summed E-state index contributed by atoms with van der Waals surface area (Å²) in [5.41, 5.74) is 2.94. The molecule has 132 valence electrons. The molecule has 8 heteroatoms. The van der Waals surface area contributed by atoms with Crippen LogP contribution in [0.5, 0.6) is 0 Å². The maximum absolute atomic E-state index is 11.5. The third kappa shape index (κ3) is 3.31. The molecule has 0 radical (unpaired) electrons. The SMILES string of the molecule is CS(=O)(=O)Nc1nc2n(n1)[C@H](c1ccccc1)C=C(c1ccccc1)N2. The molecule has 7 nitrogen and oxygen atoms in total. The highest BCUT2D eigenvalue weighted by Crippen LogP contribution is 2.33. The van der Waals surface area contributed by atoms with Crippen LogP contribution >= 0.6 is 0 Å². The molecule has 2 N–H and O–H groups in total. The van der Waals surface area contributed by atoms with Gasteiger partial charge < -0.3 is 5.32 Å². The zero-order chi connectivity index (χ0) is 18.1. The van der Waals surface area contributed by atoms with Gasteiger partial charge in [0.1, 0.15) is 6.04 Å². The summed E-state index contributed by atoms with van der Waals surface area (Å²) in [6.07, 6.45) is 3.12. The predicted octanol–water partition coefficient (Wildman–Crippen LogP) is 2.71. The van der Waals surface area contributed by atoms with Gasteiger partial charge in [0.2, 0.25) is 16.0 Å². The molecule has 0 fully saturated rings. The lowest BCUT2D eigenvalue weighted by Crippen LogP contribution is -2.20. The van der Waals surface area contributed by atoms with Gasteiger partial charge in [-0.2, -0.15) is 4.98 Å². The van der Waals surface area contributed by atoms with Crippen molar-refractivity contribution in [2.45, 2.75) is 6.04 Å². The van der Waals surface area contributed by atoms with Crippen LogP contribution in [-0.4, -0.2) is 29.4 Å². The molecule has 0 amide bonds. The van der Waals surface area contributed by atoms with Crippen LogP contribution in [0.3, 0.4) is 0 Å². The maximum Gasteiger partial charge on any atom is 0.257 e. The van der Waals surface area contributed by atoms with Crippen molar-refractivity contribution >= 4 is 27.6 Å². The van der Waals surface area contributed by atoms with Crippen LogP contribution in [0.25, 0.3) is 5.70 Å². The topological polar surface area (TPSA) is 88.9 Å². The van der Waals surface area contributed by atoms with Gasteiger partial charge in [0.05, 0.1) is 6.26 Å². The first kappa shape index (κ1) is 16.3. The van der Waals surface area contributed by atoms with E-state index in [2.05, 4.69) is 26.2 Å². The number of aromatic nitrogens is 3. The average Bonchev–Trinajstić information content (AvgIpc) is 3.02. The number of hydrogen-bond acceptors (Lipinski definition) is 5. The number of hydrogen-bond donors (Lipinski definition) is 2. The highest BCUT2D eigenvalue weighted by atomic mass is 32.2. The second-order valence-corrected chi connectivity index (χ2v) is 7.75. The van der Waals surface area contributed by atoms with Gasteiger partial charge in [-0.25, -0.2) is 13.1 Å². The van der Waals surface area contributed by atoms with E-state index in [1.165, 1.54) is 0 Å². The fourth-order valence-electron chi connectivity index (χ4n) is 2.88. The Morgan fingerprint density at radius 1 is 1.04 bits per heavy atom. The maximum atomic E-state index is 11.5. The average molecular weight is 367 g/mol. The largest absolute Gasteiger partial charge is 0.324 e. The van der Waals surface area contributed by atoms with E-state index in [1.807, 2.05) is 60.7 Å². The van der Waals surface area contributed by atoms with Gasteiger partial charge in [-0.3, -0.25) is 4.72 Å². The van der Waals surface area contributed by atoms with E-state index in [1.54, 1.807) is 4.68 Å². The fraction of sp³-hybridized carbons (Fsp3) is 0.111. The van der Waals surface area contributed by atoms with Gasteiger partial charge in [0.15, 0.2) is 0 Å². The number of benzene rings is 2. The highest BCUT2D eigenvalue weighted by molar-refractivity contribution is 7.91. The van der Waals surface area contributed by atoms with Crippen molar-refractivity contribution in [3.63, 3.8) is 0 Å². The number of nitrogens with one attached hydrogen (secondary N) is 2. The first-order valence-corrected chi connectivity index (χ1v) is 9.92. The molecule has 4 rings (SSSR count). The molecule has 0 bridgehead atoms. The minimum absolute atomic E-state index is 0.0404. The van der Waals surface area contributed by atoms with E-state index in [0.29, 0.717) is 5.95 Å². The lowest BCUT2D eigenvalue weighted by Gasteiger charge is -2.24. The van der Waals surface area contributed by atoms with Crippen LogP contribution in [0.15, 0.2) is 66.7 Å². The summed E-state index contributed by atoms with van der Waals surface area (Å²) in [6.45, 7) is 0. The van der Waals surface area contributed by atoms with Crippen LogP contribution < -0.4 is 10.0 Å². The van der Waals surface area contributed by atoms with Crippen molar-refractivity contribution in [3.05, 3.63) is 77.9 Å². The number of sulfonamides is 1. The minimum Gasteiger partial charge on any atom is -0.324 e. The van der Waals surface area contributed by atoms with Crippen LogP contribution in [0, 0.1) is 0 Å². The van der Waals surface area contributed by atoms with Gasteiger partial charge in [0.25, 0.3) is 5.95 Å². The Morgan fingerprint density at radius 2 is 1.69 bits per heavy atom. The van der Waals surface area contributed by atoms with Crippen molar-refractivity contribution in [1.29, 1.82) is 0 Å². The van der Waals surface area contributed by atoms with Crippen molar-refractivity contribution in [2.75, 3.05) is 16.3 Å². The molecule has 0 saturated heterocycles.